The van der Waals surface area contributed by atoms with Crippen LogP contribution in [-0.4, -0.2) is 39.3 Å². The molecule has 0 spiro atoms. The summed E-state index contributed by atoms with van der Waals surface area (Å²) in [6.45, 7) is 1.93. The van der Waals surface area contributed by atoms with Crippen molar-refractivity contribution >= 4 is 22.1 Å². The number of aliphatic carboxylic acids is 1. The van der Waals surface area contributed by atoms with Crippen LogP contribution in [0.5, 0.6) is 0 Å². The molecule has 0 aliphatic heterocycles. The van der Waals surface area contributed by atoms with Crippen LogP contribution in [0.2, 0.25) is 0 Å². The quantitative estimate of drug-likeness (QED) is 0.735. The number of benzene rings is 1. The van der Waals surface area contributed by atoms with Crippen LogP contribution in [0, 0.1) is 0 Å². The zero-order valence-corrected chi connectivity index (χ0v) is 12.1. The van der Waals surface area contributed by atoms with E-state index in [1.165, 1.54) is 37.5 Å². The van der Waals surface area contributed by atoms with Gasteiger partial charge in [-0.25, -0.2) is 17.9 Å². The summed E-state index contributed by atoms with van der Waals surface area (Å²) in [5.41, 5.74) is 0.608. The number of carbonyl (C=O) groups is 1. The number of hydrogen-bond donors (Lipinski definition) is 2. The molecule has 20 heavy (non-hydrogen) atoms. The lowest BCUT2D eigenvalue weighted by molar-refractivity contribution is -0.131. The van der Waals surface area contributed by atoms with Gasteiger partial charge in [0.05, 0.1) is 11.0 Å². The molecular weight excluding hydrogens is 282 g/mol. The molecule has 0 amide bonds. The van der Waals surface area contributed by atoms with Gasteiger partial charge in [-0.2, -0.15) is 0 Å². The van der Waals surface area contributed by atoms with Crippen molar-refractivity contribution in [1.82, 2.24) is 4.72 Å². The molecular formula is C13H17NO5S. The van der Waals surface area contributed by atoms with Crippen LogP contribution in [0.25, 0.3) is 6.08 Å². The van der Waals surface area contributed by atoms with Crippen molar-refractivity contribution in [3.05, 3.63) is 35.9 Å². The van der Waals surface area contributed by atoms with Crippen LogP contribution in [-0.2, 0) is 19.6 Å². The number of carboxylic acids is 1. The second-order valence-corrected chi connectivity index (χ2v) is 5.91. The minimum Gasteiger partial charge on any atom is -0.478 e. The summed E-state index contributed by atoms with van der Waals surface area (Å²) >= 11 is 0. The van der Waals surface area contributed by atoms with Gasteiger partial charge in [0.1, 0.15) is 0 Å². The number of hydrogen-bond acceptors (Lipinski definition) is 4. The second-order valence-electron chi connectivity index (χ2n) is 4.14. The van der Waals surface area contributed by atoms with Crippen LogP contribution >= 0.6 is 0 Å². The summed E-state index contributed by atoms with van der Waals surface area (Å²) < 4.78 is 31.3. The third kappa shape index (κ3) is 5.12. The van der Waals surface area contributed by atoms with E-state index in [0.717, 1.165) is 6.08 Å². The molecule has 0 saturated carbocycles. The number of sulfonamides is 1. The van der Waals surface area contributed by atoms with E-state index in [1.807, 2.05) is 0 Å². The third-order valence-corrected chi connectivity index (χ3v) is 4.01. The highest BCUT2D eigenvalue weighted by atomic mass is 32.2. The van der Waals surface area contributed by atoms with Crippen LogP contribution in [0.3, 0.4) is 0 Å². The Morgan fingerprint density at radius 3 is 2.50 bits per heavy atom. The number of methoxy groups -OCH3 is 1. The van der Waals surface area contributed by atoms with Crippen molar-refractivity contribution in [2.75, 3.05) is 13.7 Å². The summed E-state index contributed by atoms with van der Waals surface area (Å²) in [5, 5.41) is 8.50. The first kappa shape index (κ1) is 16.4. The standard InChI is InChI=1S/C13H17NO5S/c1-10(19-2)9-14-20(17,18)12-6-3-11(4-7-12)5-8-13(15)16/h3-8,10,14H,9H2,1-2H3,(H,15,16)/b8-5+. The van der Waals surface area contributed by atoms with Gasteiger partial charge in [0.15, 0.2) is 0 Å². The molecule has 1 rings (SSSR count). The maximum Gasteiger partial charge on any atom is 0.328 e. The van der Waals surface area contributed by atoms with E-state index in [0.29, 0.717) is 5.56 Å². The number of nitrogens with one attached hydrogen (secondary N) is 1. The van der Waals surface area contributed by atoms with Gasteiger partial charge < -0.3 is 9.84 Å². The Balaban J connectivity index is 2.79. The predicted molar refractivity (Wildman–Crippen MR) is 74.8 cm³/mol. The van der Waals surface area contributed by atoms with Gasteiger partial charge in [0, 0.05) is 19.7 Å². The first-order valence-corrected chi connectivity index (χ1v) is 7.37. The van der Waals surface area contributed by atoms with Crippen LogP contribution < -0.4 is 4.72 Å². The summed E-state index contributed by atoms with van der Waals surface area (Å²) in [6, 6.07) is 5.91. The normalized spacial score (nSPS) is 13.5. The van der Waals surface area contributed by atoms with Crippen LogP contribution in [0.4, 0.5) is 0 Å². The minimum atomic E-state index is -3.58. The van der Waals surface area contributed by atoms with E-state index in [2.05, 4.69) is 4.72 Å². The Morgan fingerprint density at radius 2 is 2.00 bits per heavy atom. The number of ether oxygens (including phenoxy) is 1. The summed E-state index contributed by atoms with van der Waals surface area (Å²) in [7, 11) is -2.08. The molecule has 110 valence electrons. The van der Waals surface area contributed by atoms with Gasteiger partial charge >= 0.3 is 5.97 Å². The monoisotopic (exact) mass is 299 g/mol. The van der Waals surface area contributed by atoms with Crippen LogP contribution in [0.1, 0.15) is 12.5 Å². The molecule has 1 aromatic carbocycles. The largest absolute Gasteiger partial charge is 0.478 e. The van der Waals surface area contributed by atoms with E-state index >= 15 is 0 Å². The van der Waals surface area contributed by atoms with Crippen molar-refractivity contribution in [2.24, 2.45) is 0 Å². The van der Waals surface area contributed by atoms with E-state index in [9.17, 15) is 13.2 Å². The molecule has 0 fully saturated rings. The van der Waals surface area contributed by atoms with E-state index in [1.54, 1.807) is 6.92 Å². The molecule has 0 bridgehead atoms. The average Bonchev–Trinajstić information content (AvgIpc) is 2.43. The lowest BCUT2D eigenvalue weighted by Gasteiger charge is -2.11. The number of carboxylic acid groups (broad SMARTS) is 1. The van der Waals surface area contributed by atoms with E-state index in [-0.39, 0.29) is 17.5 Å². The van der Waals surface area contributed by atoms with E-state index in [4.69, 9.17) is 9.84 Å². The Bertz CT molecular complexity index is 577. The highest BCUT2D eigenvalue weighted by Crippen LogP contribution is 2.11. The SMILES string of the molecule is COC(C)CNS(=O)(=O)c1ccc(/C=C/C(=O)O)cc1. The molecule has 1 atom stereocenters. The first-order chi connectivity index (χ1) is 9.35. The zero-order chi connectivity index (χ0) is 15.2. The van der Waals surface area contributed by atoms with Gasteiger partial charge in [-0.05, 0) is 30.7 Å². The topological polar surface area (TPSA) is 92.7 Å². The van der Waals surface area contributed by atoms with Crippen molar-refractivity contribution < 1.29 is 23.1 Å². The molecule has 1 aromatic rings. The summed E-state index contributed by atoms with van der Waals surface area (Å²) in [4.78, 5) is 10.5. The van der Waals surface area contributed by atoms with Crippen molar-refractivity contribution in [1.29, 1.82) is 0 Å². The average molecular weight is 299 g/mol. The molecule has 0 aromatic heterocycles. The summed E-state index contributed by atoms with van der Waals surface area (Å²) in [6.07, 6.45) is 2.16. The molecule has 0 saturated heterocycles. The molecule has 0 heterocycles. The first-order valence-electron chi connectivity index (χ1n) is 5.88. The fourth-order valence-corrected chi connectivity index (χ4v) is 2.43. The molecule has 0 aliphatic carbocycles. The van der Waals surface area contributed by atoms with Gasteiger partial charge in [-0.1, -0.05) is 12.1 Å². The molecule has 0 radical (unpaired) electrons. The van der Waals surface area contributed by atoms with Crippen LogP contribution in [0.15, 0.2) is 35.2 Å². The van der Waals surface area contributed by atoms with Gasteiger partial charge in [-0.15, -0.1) is 0 Å². The minimum absolute atomic E-state index is 0.119. The smallest absolute Gasteiger partial charge is 0.328 e. The zero-order valence-electron chi connectivity index (χ0n) is 11.2. The number of rotatable bonds is 7. The Labute approximate surface area is 118 Å². The Morgan fingerprint density at radius 1 is 1.40 bits per heavy atom. The highest BCUT2D eigenvalue weighted by Gasteiger charge is 2.14. The molecule has 6 nitrogen and oxygen atoms in total. The van der Waals surface area contributed by atoms with E-state index < -0.39 is 16.0 Å². The highest BCUT2D eigenvalue weighted by molar-refractivity contribution is 7.89. The van der Waals surface area contributed by atoms with Crippen molar-refractivity contribution in [2.45, 2.75) is 17.9 Å². The molecule has 0 aliphatic rings. The van der Waals surface area contributed by atoms with Gasteiger partial charge in [0.25, 0.3) is 0 Å². The lowest BCUT2D eigenvalue weighted by atomic mass is 10.2. The Kier molecular flexibility index (Phi) is 5.87. The Hall–Kier alpha value is -1.70. The predicted octanol–water partition coefficient (Wildman–Crippen LogP) is 1.10. The van der Waals surface area contributed by atoms with Crippen molar-refractivity contribution in [3.63, 3.8) is 0 Å². The van der Waals surface area contributed by atoms with Crippen molar-refractivity contribution in [3.8, 4) is 0 Å². The lowest BCUT2D eigenvalue weighted by Crippen LogP contribution is -2.31. The fourth-order valence-electron chi connectivity index (χ4n) is 1.32. The van der Waals surface area contributed by atoms with Gasteiger partial charge in [0.2, 0.25) is 10.0 Å². The maximum absolute atomic E-state index is 12.0. The third-order valence-electron chi connectivity index (χ3n) is 2.57. The molecule has 1 unspecified atom stereocenters. The second kappa shape index (κ2) is 7.18. The molecule has 2 N–H and O–H groups in total. The van der Waals surface area contributed by atoms with Gasteiger partial charge in [-0.3, -0.25) is 0 Å². The maximum atomic E-state index is 12.0. The summed E-state index contributed by atoms with van der Waals surface area (Å²) in [5.74, 6) is -1.06. The fraction of sp³-hybridized carbons (Fsp3) is 0.308. The molecule has 7 heteroatoms.